The van der Waals surface area contributed by atoms with Crippen molar-refractivity contribution in [3.63, 3.8) is 0 Å². The number of rotatable bonds is 6. The number of benzene rings is 2. The SMILES string of the molecule is CC(C)(C)OC(=O)N1CCCC1CNC(=O)c1ccc(-c2ccc(-c3cnc(C4CCCN4C(=O)OC(C)(C)C)[nH]3)cc2)cc1. The molecule has 2 aromatic carbocycles. The number of nitrogens with zero attached hydrogens (tertiary/aromatic N) is 3. The number of H-pyrrole nitrogens is 1. The van der Waals surface area contributed by atoms with Crippen molar-refractivity contribution in [2.24, 2.45) is 0 Å². The molecule has 2 saturated heterocycles. The maximum Gasteiger partial charge on any atom is 0.410 e. The monoisotopic (exact) mass is 615 g/mol. The average Bonchev–Trinajstić information content (AvgIpc) is 3.75. The summed E-state index contributed by atoms with van der Waals surface area (Å²) in [6.07, 6.45) is 4.63. The normalized spacial score (nSPS) is 18.6. The quantitative estimate of drug-likeness (QED) is 0.310. The number of aromatic nitrogens is 2. The molecular formula is C35H45N5O5. The summed E-state index contributed by atoms with van der Waals surface area (Å²) >= 11 is 0. The van der Waals surface area contributed by atoms with Crippen LogP contribution in [0.2, 0.25) is 0 Å². The highest BCUT2D eigenvalue weighted by Crippen LogP contribution is 2.33. The molecule has 2 atom stereocenters. The topological polar surface area (TPSA) is 117 Å². The third-order valence-corrected chi connectivity index (χ3v) is 7.97. The lowest BCUT2D eigenvalue weighted by molar-refractivity contribution is 0.0211. The van der Waals surface area contributed by atoms with Crippen LogP contribution in [0.3, 0.4) is 0 Å². The molecule has 0 radical (unpaired) electrons. The van der Waals surface area contributed by atoms with Crippen molar-refractivity contribution in [1.29, 1.82) is 0 Å². The summed E-state index contributed by atoms with van der Waals surface area (Å²) in [4.78, 5) is 49.7. The van der Waals surface area contributed by atoms with Crippen LogP contribution in [0.5, 0.6) is 0 Å². The number of nitrogens with one attached hydrogen (secondary N) is 2. The van der Waals surface area contributed by atoms with Gasteiger partial charge in [0.15, 0.2) is 0 Å². The van der Waals surface area contributed by atoms with Gasteiger partial charge in [-0.05, 0) is 96.0 Å². The molecule has 45 heavy (non-hydrogen) atoms. The van der Waals surface area contributed by atoms with Crippen LogP contribution in [0.25, 0.3) is 22.4 Å². The summed E-state index contributed by atoms with van der Waals surface area (Å²) in [7, 11) is 0. The van der Waals surface area contributed by atoms with Crippen LogP contribution in [-0.4, -0.2) is 74.7 Å². The van der Waals surface area contributed by atoms with Crippen LogP contribution < -0.4 is 5.32 Å². The van der Waals surface area contributed by atoms with E-state index in [4.69, 9.17) is 9.47 Å². The first-order valence-electron chi connectivity index (χ1n) is 15.8. The van der Waals surface area contributed by atoms with E-state index in [9.17, 15) is 14.4 Å². The highest BCUT2D eigenvalue weighted by Gasteiger charge is 2.35. The van der Waals surface area contributed by atoms with Gasteiger partial charge in [0.05, 0.1) is 24.0 Å². The number of carbonyl (C=O) groups is 3. The van der Waals surface area contributed by atoms with Crippen LogP contribution in [0, 0.1) is 0 Å². The molecule has 3 amide bonds. The fraction of sp³-hybridized carbons (Fsp3) is 0.486. The fourth-order valence-electron chi connectivity index (χ4n) is 5.82. The van der Waals surface area contributed by atoms with E-state index in [0.29, 0.717) is 25.2 Å². The van der Waals surface area contributed by atoms with Crippen LogP contribution in [0.15, 0.2) is 54.7 Å². The summed E-state index contributed by atoms with van der Waals surface area (Å²) in [6.45, 7) is 12.8. The molecule has 10 heteroatoms. The summed E-state index contributed by atoms with van der Waals surface area (Å²) in [6, 6.07) is 15.4. The Morgan fingerprint density at radius 1 is 0.800 bits per heavy atom. The lowest BCUT2D eigenvalue weighted by atomic mass is 10.0. The number of hydrogen-bond acceptors (Lipinski definition) is 6. The van der Waals surface area contributed by atoms with Crippen molar-refractivity contribution >= 4 is 18.1 Å². The second-order valence-electron chi connectivity index (χ2n) is 13.8. The molecule has 3 aromatic rings. The van der Waals surface area contributed by atoms with Crippen LogP contribution in [-0.2, 0) is 9.47 Å². The minimum absolute atomic E-state index is 0.0744. The highest BCUT2D eigenvalue weighted by atomic mass is 16.6. The van der Waals surface area contributed by atoms with Gasteiger partial charge in [0.2, 0.25) is 0 Å². The van der Waals surface area contributed by atoms with Gasteiger partial charge in [-0.3, -0.25) is 9.69 Å². The number of imidazole rings is 1. The van der Waals surface area contributed by atoms with E-state index in [-0.39, 0.29) is 30.2 Å². The molecule has 2 fully saturated rings. The zero-order valence-electron chi connectivity index (χ0n) is 27.2. The molecule has 2 N–H and O–H groups in total. The van der Waals surface area contributed by atoms with Crippen molar-refractivity contribution in [2.45, 2.75) is 90.5 Å². The van der Waals surface area contributed by atoms with Gasteiger partial charge in [-0.2, -0.15) is 0 Å². The molecule has 240 valence electrons. The van der Waals surface area contributed by atoms with Gasteiger partial charge in [-0.25, -0.2) is 14.6 Å². The first-order valence-corrected chi connectivity index (χ1v) is 15.8. The number of ether oxygens (including phenoxy) is 2. The van der Waals surface area contributed by atoms with Crippen molar-refractivity contribution in [3.8, 4) is 22.4 Å². The third kappa shape index (κ3) is 8.04. The summed E-state index contributed by atoms with van der Waals surface area (Å²) < 4.78 is 11.1. The van der Waals surface area contributed by atoms with Gasteiger partial charge in [0, 0.05) is 25.2 Å². The number of likely N-dealkylation sites (tertiary alicyclic amines) is 2. The summed E-state index contributed by atoms with van der Waals surface area (Å²) in [5.41, 5.74) is 3.35. The van der Waals surface area contributed by atoms with Gasteiger partial charge in [-0.1, -0.05) is 36.4 Å². The molecule has 3 heterocycles. The Bertz CT molecular complexity index is 1500. The van der Waals surface area contributed by atoms with Gasteiger partial charge in [-0.15, -0.1) is 0 Å². The van der Waals surface area contributed by atoms with E-state index in [1.165, 1.54) is 0 Å². The zero-order valence-corrected chi connectivity index (χ0v) is 27.2. The zero-order chi connectivity index (χ0) is 32.4. The van der Waals surface area contributed by atoms with Crippen molar-refractivity contribution < 1.29 is 23.9 Å². The second kappa shape index (κ2) is 12.9. The number of hydrogen-bond donors (Lipinski definition) is 2. The molecule has 2 aliphatic rings. The maximum atomic E-state index is 12.9. The summed E-state index contributed by atoms with van der Waals surface area (Å²) in [5.74, 6) is 0.590. The molecule has 10 nitrogen and oxygen atoms in total. The standard InChI is InChI=1S/C35H45N5O5/c1-34(2,3)44-32(42)39-19-7-9-27(39)21-37-31(41)26-17-13-24(14-18-26)23-11-15-25(16-12-23)28-22-36-30(38-28)29-10-8-20-40(29)33(43)45-35(4,5)6/h11-18,22,27,29H,7-10,19-21H2,1-6H3,(H,36,38)(H,37,41). The van der Waals surface area contributed by atoms with E-state index in [1.54, 1.807) is 9.80 Å². The third-order valence-electron chi connectivity index (χ3n) is 7.97. The second-order valence-corrected chi connectivity index (χ2v) is 13.8. The maximum absolute atomic E-state index is 12.9. The molecule has 0 aliphatic carbocycles. The molecule has 5 rings (SSSR count). The van der Waals surface area contributed by atoms with Crippen molar-refractivity contribution in [3.05, 3.63) is 66.1 Å². The number of aromatic amines is 1. The average molecular weight is 616 g/mol. The Morgan fingerprint density at radius 3 is 1.96 bits per heavy atom. The first kappa shape index (κ1) is 32.1. The lowest BCUT2D eigenvalue weighted by Crippen LogP contribution is -2.45. The molecule has 0 bridgehead atoms. The summed E-state index contributed by atoms with van der Waals surface area (Å²) in [5, 5.41) is 2.99. The molecular weight excluding hydrogens is 570 g/mol. The van der Waals surface area contributed by atoms with Crippen LogP contribution >= 0.6 is 0 Å². The number of carbonyl (C=O) groups excluding carboxylic acids is 3. The molecule has 1 aromatic heterocycles. The van der Waals surface area contributed by atoms with Crippen LogP contribution in [0.4, 0.5) is 9.59 Å². The van der Waals surface area contributed by atoms with E-state index >= 15 is 0 Å². The van der Waals surface area contributed by atoms with Crippen molar-refractivity contribution in [1.82, 2.24) is 25.1 Å². The Balaban J connectivity index is 1.17. The van der Waals surface area contributed by atoms with E-state index < -0.39 is 11.2 Å². The molecule has 2 aliphatic heterocycles. The van der Waals surface area contributed by atoms with Gasteiger partial charge in [0.25, 0.3) is 5.91 Å². The van der Waals surface area contributed by atoms with E-state index in [1.807, 2.05) is 96.3 Å². The Labute approximate surface area is 265 Å². The van der Waals surface area contributed by atoms with Crippen molar-refractivity contribution in [2.75, 3.05) is 19.6 Å². The Morgan fingerprint density at radius 2 is 1.33 bits per heavy atom. The van der Waals surface area contributed by atoms with Gasteiger partial charge in [0.1, 0.15) is 17.0 Å². The largest absolute Gasteiger partial charge is 0.444 e. The fourth-order valence-corrected chi connectivity index (χ4v) is 5.82. The van der Waals surface area contributed by atoms with Crippen LogP contribution in [0.1, 0.15) is 89.4 Å². The molecule has 2 unspecified atom stereocenters. The van der Waals surface area contributed by atoms with Gasteiger partial charge >= 0.3 is 12.2 Å². The predicted molar refractivity (Wildman–Crippen MR) is 173 cm³/mol. The first-order chi connectivity index (χ1) is 21.3. The predicted octanol–water partition coefficient (Wildman–Crippen LogP) is 6.95. The number of amides is 3. The Kier molecular flexibility index (Phi) is 9.23. The smallest absolute Gasteiger partial charge is 0.410 e. The van der Waals surface area contributed by atoms with E-state index in [2.05, 4.69) is 15.3 Å². The van der Waals surface area contributed by atoms with Gasteiger partial charge < -0.3 is 24.7 Å². The Hall–Kier alpha value is -4.34. The minimum atomic E-state index is -0.555. The highest BCUT2D eigenvalue weighted by molar-refractivity contribution is 5.94. The minimum Gasteiger partial charge on any atom is -0.444 e. The molecule has 0 saturated carbocycles. The lowest BCUT2D eigenvalue weighted by Gasteiger charge is -2.28. The molecule has 0 spiro atoms. The van der Waals surface area contributed by atoms with E-state index in [0.717, 1.165) is 53.9 Å².